The lowest BCUT2D eigenvalue weighted by Gasteiger charge is -2.19. The second-order valence-electron chi connectivity index (χ2n) is 7.04. The Bertz CT molecular complexity index is 1160. The molecule has 0 fully saturated rings. The van der Waals surface area contributed by atoms with Crippen LogP contribution in [-0.4, -0.2) is 38.9 Å². The van der Waals surface area contributed by atoms with Crippen molar-refractivity contribution >= 4 is 16.9 Å². The highest BCUT2D eigenvalue weighted by molar-refractivity contribution is 5.92. The molecule has 2 N–H and O–H groups in total. The molecule has 0 saturated carbocycles. The number of aromatic amines is 2. The van der Waals surface area contributed by atoms with Crippen molar-refractivity contribution in [2.24, 2.45) is 0 Å². The quantitative estimate of drug-likeness (QED) is 0.560. The van der Waals surface area contributed by atoms with Gasteiger partial charge >= 0.3 is 0 Å². The smallest absolute Gasteiger partial charge is 0.270 e. The first-order valence-electron chi connectivity index (χ1n) is 9.32. The molecule has 0 saturated heterocycles. The maximum Gasteiger partial charge on any atom is 0.270 e. The maximum absolute atomic E-state index is 12.8. The number of benzene rings is 2. The molecule has 4 aromatic rings. The van der Waals surface area contributed by atoms with Gasteiger partial charge in [0, 0.05) is 18.3 Å². The van der Waals surface area contributed by atoms with Crippen LogP contribution in [0.2, 0.25) is 0 Å². The molecule has 0 atom stereocenters. The van der Waals surface area contributed by atoms with Gasteiger partial charge in [-0.3, -0.25) is 4.79 Å². The third-order valence-corrected chi connectivity index (χ3v) is 5.09. The van der Waals surface area contributed by atoms with Crippen molar-refractivity contribution in [1.82, 2.24) is 19.9 Å². The van der Waals surface area contributed by atoms with Gasteiger partial charge in [0.1, 0.15) is 23.9 Å². The number of nitrogens with one attached hydrogen (secondary N) is 2. The molecule has 2 aromatic heterocycles. The molecule has 5 rings (SSSR count). The highest BCUT2D eigenvalue weighted by Crippen LogP contribution is 2.31. The topological polar surface area (TPSA) is 74.0 Å². The summed E-state index contributed by atoms with van der Waals surface area (Å²) < 4.78 is 5.89. The fourth-order valence-electron chi connectivity index (χ4n) is 3.70. The van der Waals surface area contributed by atoms with Crippen LogP contribution in [0.1, 0.15) is 21.9 Å². The van der Waals surface area contributed by atoms with Crippen LogP contribution >= 0.6 is 0 Å². The Labute approximate surface area is 162 Å². The standard InChI is InChI=1S/C22H20N4O2/c1-14-24-18-6-4-16(12-20(18)25-14)15-5-7-21-17(11-15)13-26(9-10-28-21)22(27)19-3-2-8-23-19/h2-8,11-12,23H,9-10,13H2,1H3,(H,24,25). The SMILES string of the molecule is Cc1nc2ccc(-c3ccc4c(c3)CN(C(=O)c3ccc[nH]3)CCO4)cc2[nH]1. The largest absolute Gasteiger partial charge is 0.491 e. The van der Waals surface area contributed by atoms with E-state index < -0.39 is 0 Å². The number of fused-ring (bicyclic) bond motifs is 2. The van der Waals surface area contributed by atoms with Crippen LogP contribution in [0.5, 0.6) is 5.75 Å². The van der Waals surface area contributed by atoms with Crippen molar-refractivity contribution in [3.8, 4) is 16.9 Å². The molecule has 6 nitrogen and oxygen atoms in total. The average Bonchev–Trinajstić information content (AvgIpc) is 3.30. The number of ether oxygens (including phenoxy) is 1. The Morgan fingerprint density at radius 1 is 1.14 bits per heavy atom. The van der Waals surface area contributed by atoms with Crippen LogP contribution in [0.4, 0.5) is 0 Å². The van der Waals surface area contributed by atoms with E-state index in [2.05, 4.69) is 39.2 Å². The molecule has 0 radical (unpaired) electrons. The summed E-state index contributed by atoms with van der Waals surface area (Å²) in [4.78, 5) is 25.3. The molecule has 3 heterocycles. The minimum absolute atomic E-state index is 0.0128. The molecule has 2 aromatic carbocycles. The second kappa shape index (κ2) is 6.56. The lowest BCUT2D eigenvalue weighted by molar-refractivity contribution is 0.0728. The number of aryl methyl sites for hydroxylation is 1. The number of hydrogen-bond donors (Lipinski definition) is 2. The van der Waals surface area contributed by atoms with Crippen LogP contribution in [0.15, 0.2) is 54.7 Å². The summed E-state index contributed by atoms with van der Waals surface area (Å²) in [6.45, 7) is 3.51. The third kappa shape index (κ3) is 2.93. The van der Waals surface area contributed by atoms with E-state index in [1.807, 2.05) is 30.0 Å². The first kappa shape index (κ1) is 16.6. The van der Waals surface area contributed by atoms with E-state index in [9.17, 15) is 4.79 Å². The molecule has 1 aliphatic rings. The molecule has 1 aliphatic heterocycles. The predicted octanol–water partition coefficient (Wildman–Crippen LogP) is 3.90. The third-order valence-electron chi connectivity index (χ3n) is 5.09. The van der Waals surface area contributed by atoms with Gasteiger partial charge in [0.15, 0.2) is 0 Å². The van der Waals surface area contributed by atoms with Crippen LogP contribution in [0, 0.1) is 6.92 Å². The minimum Gasteiger partial charge on any atom is -0.491 e. The fourth-order valence-corrected chi connectivity index (χ4v) is 3.70. The molecule has 0 bridgehead atoms. The highest BCUT2D eigenvalue weighted by Gasteiger charge is 2.22. The van der Waals surface area contributed by atoms with Crippen molar-refractivity contribution in [2.45, 2.75) is 13.5 Å². The molecule has 28 heavy (non-hydrogen) atoms. The van der Waals surface area contributed by atoms with Gasteiger partial charge in [-0.15, -0.1) is 0 Å². The zero-order chi connectivity index (χ0) is 19.1. The number of H-pyrrole nitrogens is 2. The minimum atomic E-state index is -0.0128. The summed E-state index contributed by atoms with van der Waals surface area (Å²) in [5, 5.41) is 0. The van der Waals surface area contributed by atoms with Crippen LogP contribution in [0.25, 0.3) is 22.2 Å². The summed E-state index contributed by atoms with van der Waals surface area (Å²) in [7, 11) is 0. The Hall–Kier alpha value is -3.54. The van der Waals surface area contributed by atoms with E-state index in [0.717, 1.165) is 39.3 Å². The molecule has 1 amide bonds. The van der Waals surface area contributed by atoms with Crippen molar-refractivity contribution in [2.75, 3.05) is 13.2 Å². The van der Waals surface area contributed by atoms with E-state index in [4.69, 9.17) is 4.74 Å². The summed E-state index contributed by atoms with van der Waals surface area (Å²) in [6, 6.07) is 16.0. The Balaban J connectivity index is 1.49. The van der Waals surface area contributed by atoms with Crippen LogP contribution in [-0.2, 0) is 6.54 Å². The molecular weight excluding hydrogens is 352 g/mol. The average molecular weight is 372 g/mol. The predicted molar refractivity (Wildman–Crippen MR) is 107 cm³/mol. The Morgan fingerprint density at radius 3 is 2.86 bits per heavy atom. The lowest BCUT2D eigenvalue weighted by atomic mass is 10.0. The summed E-state index contributed by atoms with van der Waals surface area (Å²) in [5.74, 6) is 1.73. The summed E-state index contributed by atoms with van der Waals surface area (Å²) >= 11 is 0. The number of aromatic nitrogens is 3. The van der Waals surface area contributed by atoms with Gasteiger partial charge in [0.25, 0.3) is 5.91 Å². The van der Waals surface area contributed by atoms with Crippen molar-refractivity contribution in [3.63, 3.8) is 0 Å². The van der Waals surface area contributed by atoms with Crippen LogP contribution < -0.4 is 4.74 Å². The Kier molecular flexibility index (Phi) is 3.90. The first-order chi connectivity index (χ1) is 13.7. The van der Waals surface area contributed by atoms with Crippen molar-refractivity contribution < 1.29 is 9.53 Å². The summed E-state index contributed by atoms with van der Waals surface area (Å²) in [5.41, 5.74) is 5.78. The molecule has 0 aliphatic carbocycles. The lowest BCUT2D eigenvalue weighted by Crippen LogP contribution is -2.32. The fraction of sp³-hybridized carbons (Fsp3) is 0.182. The van der Waals surface area contributed by atoms with Crippen molar-refractivity contribution in [3.05, 3.63) is 71.8 Å². The number of nitrogens with zero attached hydrogens (tertiary/aromatic N) is 2. The molecule has 0 spiro atoms. The van der Waals surface area contributed by atoms with Gasteiger partial charge < -0.3 is 19.6 Å². The van der Waals surface area contributed by atoms with Gasteiger partial charge in [-0.2, -0.15) is 0 Å². The maximum atomic E-state index is 12.8. The Morgan fingerprint density at radius 2 is 2.00 bits per heavy atom. The molecular formula is C22H20N4O2. The van der Waals surface area contributed by atoms with Gasteiger partial charge in [-0.05, 0) is 54.4 Å². The van der Waals surface area contributed by atoms with E-state index in [1.165, 1.54) is 0 Å². The zero-order valence-corrected chi connectivity index (χ0v) is 15.5. The highest BCUT2D eigenvalue weighted by atomic mass is 16.5. The number of carbonyl (C=O) groups is 1. The normalized spacial score (nSPS) is 13.8. The van der Waals surface area contributed by atoms with E-state index in [-0.39, 0.29) is 5.91 Å². The van der Waals surface area contributed by atoms with E-state index >= 15 is 0 Å². The zero-order valence-electron chi connectivity index (χ0n) is 15.5. The molecule has 140 valence electrons. The number of hydrogen-bond acceptors (Lipinski definition) is 3. The van der Waals surface area contributed by atoms with Gasteiger partial charge in [-0.25, -0.2) is 4.98 Å². The van der Waals surface area contributed by atoms with Gasteiger partial charge in [-0.1, -0.05) is 12.1 Å². The first-order valence-corrected chi connectivity index (χ1v) is 9.32. The van der Waals surface area contributed by atoms with Gasteiger partial charge in [0.05, 0.1) is 17.6 Å². The number of imidazole rings is 1. The summed E-state index contributed by atoms with van der Waals surface area (Å²) in [6.07, 6.45) is 1.76. The molecule has 6 heteroatoms. The van der Waals surface area contributed by atoms with Crippen molar-refractivity contribution in [1.29, 1.82) is 0 Å². The van der Waals surface area contributed by atoms with E-state index in [0.29, 0.717) is 25.4 Å². The monoisotopic (exact) mass is 372 g/mol. The number of carbonyl (C=O) groups excluding carboxylic acids is 1. The van der Waals surface area contributed by atoms with E-state index in [1.54, 1.807) is 12.3 Å². The van der Waals surface area contributed by atoms with Gasteiger partial charge in [0.2, 0.25) is 0 Å². The number of rotatable bonds is 2. The number of amides is 1. The van der Waals surface area contributed by atoms with Crippen LogP contribution in [0.3, 0.4) is 0 Å². The molecule has 0 unspecified atom stereocenters. The second-order valence-corrected chi connectivity index (χ2v) is 7.04.